The summed E-state index contributed by atoms with van der Waals surface area (Å²) in [5.41, 5.74) is 2.14. The Bertz CT molecular complexity index is 748. The average molecular weight is 372 g/mol. The van der Waals surface area contributed by atoms with Gasteiger partial charge in [0.25, 0.3) is 0 Å². The molecule has 1 atom stereocenters. The Morgan fingerprint density at radius 2 is 1.96 bits per heavy atom. The Kier molecular flexibility index (Phi) is 5.49. The van der Waals surface area contributed by atoms with Gasteiger partial charge in [-0.25, -0.2) is 4.98 Å². The zero-order valence-electron chi connectivity index (χ0n) is 16.4. The molecule has 1 saturated heterocycles. The molecular weight excluding hydrogens is 342 g/mol. The summed E-state index contributed by atoms with van der Waals surface area (Å²) in [6, 6.07) is 10.2. The summed E-state index contributed by atoms with van der Waals surface area (Å²) in [5.74, 6) is 0.265. The number of hydrogen-bond donors (Lipinski definition) is 0. The van der Waals surface area contributed by atoms with Gasteiger partial charge in [0.1, 0.15) is 0 Å². The maximum Gasteiger partial charge on any atom is 0.233 e. The molecule has 1 aliphatic heterocycles. The second kappa shape index (κ2) is 7.49. The molecule has 0 saturated carbocycles. The lowest BCUT2D eigenvalue weighted by Gasteiger charge is -2.32. The van der Waals surface area contributed by atoms with Crippen LogP contribution >= 0.6 is 11.3 Å². The molecule has 4 nitrogen and oxygen atoms in total. The van der Waals surface area contributed by atoms with E-state index in [0.29, 0.717) is 0 Å². The van der Waals surface area contributed by atoms with Crippen LogP contribution in [0.3, 0.4) is 0 Å². The topological polar surface area (TPSA) is 36.4 Å². The van der Waals surface area contributed by atoms with Crippen molar-refractivity contribution in [3.8, 4) is 11.3 Å². The number of amides is 1. The Hall–Kier alpha value is -1.72. The number of anilines is 1. The fourth-order valence-electron chi connectivity index (χ4n) is 3.45. The minimum atomic E-state index is 0.0562. The van der Waals surface area contributed by atoms with Gasteiger partial charge in [-0.3, -0.25) is 14.6 Å². The molecule has 1 aromatic heterocycles. The van der Waals surface area contributed by atoms with Crippen LogP contribution in [0.15, 0.2) is 35.7 Å². The maximum atomic E-state index is 13.3. The smallest absolute Gasteiger partial charge is 0.233 e. The fraction of sp³-hybridized carbons (Fsp3) is 0.524. The van der Waals surface area contributed by atoms with Crippen LogP contribution in [0.5, 0.6) is 0 Å². The molecule has 2 heterocycles. The second-order valence-corrected chi connectivity index (χ2v) is 9.12. The molecule has 1 fully saturated rings. The molecule has 0 spiro atoms. The fourth-order valence-corrected chi connectivity index (χ4v) is 4.43. The molecule has 5 heteroatoms. The largest absolute Gasteiger partial charge is 0.298 e. The van der Waals surface area contributed by atoms with Crippen molar-refractivity contribution in [3.63, 3.8) is 0 Å². The van der Waals surface area contributed by atoms with Crippen LogP contribution in [0, 0.1) is 5.92 Å². The van der Waals surface area contributed by atoms with E-state index in [-0.39, 0.29) is 23.4 Å². The van der Waals surface area contributed by atoms with Gasteiger partial charge in [-0.05, 0) is 47.6 Å². The van der Waals surface area contributed by atoms with Crippen LogP contribution in [-0.2, 0) is 4.79 Å². The first-order valence-corrected chi connectivity index (χ1v) is 10.2. The second-order valence-electron chi connectivity index (χ2n) is 8.29. The van der Waals surface area contributed by atoms with Gasteiger partial charge >= 0.3 is 0 Å². The van der Waals surface area contributed by atoms with E-state index >= 15 is 0 Å². The lowest BCUT2D eigenvalue weighted by molar-refractivity contribution is -0.122. The third kappa shape index (κ3) is 3.99. The third-order valence-electron chi connectivity index (χ3n) is 5.01. The summed E-state index contributed by atoms with van der Waals surface area (Å²) < 4.78 is 0. The molecule has 0 aliphatic carbocycles. The van der Waals surface area contributed by atoms with E-state index in [9.17, 15) is 4.79 Å². The predicted molar refractivity (Wildman–Crippen MR) is 110 cm³/mol. The van der Waals surface area contributed by atoms with Crippen molar-refractivity contribution in [2.24, 2.45) is 5.92 Å². The minimum Gasteiger partial charge on any atom is -0.298 e. The molecular formula is C21H29N3OS. The van der Waals surface area contributed by atoms with Gasteiger partial charge in [0, 0.05) is 29.1 Å². The van der Waals surface area contributed by atoms with Crippen LogP contribution in [0.2, 0.25) is 0 Å². The summed E-state index contributed by atoms with van der Waals surface area (Å²) in [6.07, 6.45) is 0.927. The van der Waals surface area contributed by atoms with E-state index in [0.717, 1.165) is 35.9 Å². The normalized spacial score (nSPS) is 18.5. The van der Waals surface area contributed by atoms with E-state index in [1.54, 1.807) is 11.3 Å². The Balaban J connectivity index is 1.80. The number of rotatable bonds is 4. The monoisotopic (exact) mass is 371 g/mol. The van der Waals surface area contributed by atoms with Crippen LogP contribution in [0.4, 0.5) is 5.13 Å². The summed E-state index contributed by atoms with van der Waals surface area (Å²) in [4.78, 5) is 22.3. The van der Waals surface area contributed by atoms with Gasteiger partial charge in [0.05, 0.1) is 11.6 Å². The lowest BCUT2D eigenvalue weighted by atomic mass is 10.1. The van der Waals surface area contributed by atoms with Crippen LogP contribution < -0.4 is 4.90 Å². The molecule has 0 radical (unpaired) electrons. The van der Waals surface area contributed by atoms with E-state index in [4.69, 9.17) is 4.98 Å². The van der Waals surface area contributed by atoms with Gasteiger partial charge in [-0.15, -0.1) is 11.3 Å². The highest BCUT2D eigenvalue weighted by Crippen LogP contribution is 2.32. The zero-order chi connectivity index (χ0) is 18.9. The lowest BCUT2D eigenvalue weighted by Crippen LogP contribution is -2.44. The highest BCUT2D eigenvalue weighted by molar-refractivity contribution is 7.14. The molecule has 0 N–H and O–H groups in total. The van der Waals surface area contributed by atoms with Crippen molar-refractivity contribution in [2.75, 3.05) is 18.0 Å². The SMILES string of the molecule is CC(C)N(C(=O)C1CCN(C(C)(C)C)C1)c1nc(-c2ccccc2)cs1. The number of carbonyl (C=O) groups excluding carboxylic acids is 1. The van der Waals surface area contributed by atoms with E-state index in [2.05, 4.69) is 51.7 Å². The standard InChI is InChI=1S/C21H29N3OS/c1-15(2)24(19(25)17-11-12-23(13-17)21(3,4)5)20-22-18(14-26-20)16-9-7-6-8-10-16/h6-10,14-15,17H,11-13H2,1-5H3. The highest BCUT2D eigenvalue weighted by atomic mass is 32.1. The molecule has 1 aliphatic rings. The van der Waals surface area contributed by atoms with E-state index in [1.165, 1.54) is 0 Å². The third-order valence-corrected chi connectivity index (χ3v) is 5.85. The van der Waals surface area contributed by atoms with Gasteiger partial charge < -0.3 is 0 Å². The van der Waals surface area contributed by atoms with E-state index in [1.807, 2.05) is 28.5 Å². The van der Waals surface area contributed by atoms with Gasteiger partial charge in [-0.2, -0.15) is 0 Å². The summed E-state index contributed by atoms with van der Waals surface area (Å²) >= 11 is 1.55. The van der Waals surface area contributed by atoms with Crippen molar-refractivity contribution < 1.29 is 4.79 Å². The Morgan fingerprint density at radius 3 is 2.54 bits per heavy atom. The maximum absolute atomic E-state index is 13.3. The summed E-state index contributed by atoms with van der Waals surface area (Å²) in [7, 11) is 0. The van der Waals surface area contributed by atoms with Crippen molar-refractivity contribution in [1.82, 2.24) is 9.88 Å². The molecule has 2 aromatic rings. The molecule has 140 valence electrons. The number of aromatic nitrogens is 1. The highest BCUT2D eigenvalue weighted by Gasteiger charge is 2.37. The first-order valence-electron chi connectivity index (χ1n) is 9.36. The number of nitrogens with zero attached hydrogens (tertiary/aromatic N) is 3. The first kappa shape index (κ1) is 19.1. The first-order chi connectivity index (χ1) is 12.3. The molecule has 1 unspecified atom stereocenters. The summed E-state index contributed by atoms with van der Waals surface area (Å²) in [6.45, 7) is 12.6. The number of hydrogen-bond acceptors (Lipinski definition) is 4. The summed E-state index contributed by atoms with van der Waals surface area (Å²) in [5, 5.41) is 2.85. The molecule has 1 aromatic carbocycles. The van der Waals surface area contributed by atoms with Gasteiger partial charge in [0.15, 0.2) is 5.13 Å². The average Bonchev–Trinajstić information content (AvgIpc) is 3.25. The minimum absolute atomic E-state index is 0.0562. The van der Waals surface area contributed by atoms with Gasteiger partial charge in [-0.1, -0.05) is 30.3 Å². The zero-order valence-corrected chi connectivity index (χ0v) is 17.2. The van der Waals surface area contributed by atoms with Crippen LogP contribution in [-0.4, -0.2) is 40.5 Å². The Labute approximate surface area is 160 Å². The number of likely N-dealkylation sites (tertiary alicyclic amines) is 1. The van der Waals surface area contributed by atoms with Crippen molar-refractivity contribution in [3.05, 3.63) is 35.7 Å². The number of benzene rings is 1. The van der Waals surface area contributed by atoms with Crippen LogP contribution in [0.25, 0.3) is 11.3 Å². The Morgan fingerprint density at radius 1 is 1.27 bits per heavy atom. The number of carbonyl (C=O) groups is 1. The van der Waals surface area contributed by atoms with Crippen molar-refractivity contribution in [1.29, 1.82) is 0 Å². The van der Waals surface area contributed by atoms with Gasteiger partial charge in [0.2, 0.25) is 5.91 Å². The predicted octanol–water partition coefficient (Wildman–Crippen LogP) is 4.67. The molecule has 26 heavy (non-hydrogen) atoms. The van der Waals surface area contributed by atoms with Crippen LogP contribution in [0.1, 0.15) is 41.0 Å². The van der Waals surface area contributed by atoms with E-state index < -0.39 is 0 Å². The van der Waals surface area contributed by atoms with Crippen molar-refractivity contribution in [2.45, 2.75) is 52.6 Å². The molecule has 0 bridgehead atoms. The quantitative estimate of drug-likeness (QED) is 0.783. The molecule has 3 rings (SSSR count). The molecule has 1 amide bonds. The van der Waals surface area contributed by atoms with Crippen molar-refractivity contribution >= 4 is 22.4 Å². The number of thiazole rings is 1.